The van der Waals surface area contributed by atoms with Crippen LogP contribution in [-0.2, 0) is 0 Å². The molecule has 1 nitrogen and oxygen atoms in total. The fourth-order valence-electron chi connectivity index (χ4n) is 1.70. The van der Waals surface area contributed by atoms with Crippen LogP contribution in [0.5, 0.6) is 0 Å². The van der Waals surface area contributed by atoms with Gasteiger partial charge in [-0.15, -0.1) is 0 Å². The lowest BCUT2D eigenvalue weighted by Gasteiger charge is -2.48. The van der Waals surface area contributed by atoms with E-state index in [1.165, 1.54) is 6.42 Å². The molecule has 0 bridgehead atoms. The van der Waals surface area contributed by atoms with Crippen molar-refractivity contribution in [1.29, 1.82) is 0 Å². The Balaban J connectivity index is 2.47. The smallest absolute Gasteiger partial charge is 0.0116 e. The molecule has 1 rings (SSSR count). The normalized spacial score (nSPS) is 43.5. The van der Waals surface area contributed by atoms with Crippen molar-refractivity contribution in [3.05, 3.63) is 0 Å². The van der Waals surface area contributed by atoms with Gasteiger partial charge < -0.3 is 5.73 Å². The van der Waals surface area contributed by atoms with Crippen LogP contribution in [0.4, 0.5) is 0 Å². The first-order chi connectivity index (χ1) is 3.54. The van der Waals surface area contributed by atoms with Crippen molar-refractivity contribution < 1.29 is 0 Å². The van der Waals surface area contributed by atoms with Crippen molar-refractivity contribution in [2.24, 2.45) is 17.1 Å². The first kappa shape index (κ1) is 6.09. The number of hydrogen-bond acceptors (Lipinski definition) is 1. The fraction of sp³-hybridized carbons (Fsp3) is 1.00. The highest BCUT2D eigenvalue weighted by molar-refractivity contribution is 4.96. The SMILES string of the molecule is CC1CC(C)(C)C1N. The molecule has 2 atom stereocenters. The second kappa shape index (κ2) is 1.47. The summed E-state index contributed by atoms with van der Waals surface area (Å²) in [7, 11) is 0. The van der Waals surface area contributed by atoms with Crippen LogP contribution in [0.2, 0.25) is 0 Å². The Morgan fingerprint density at radius 3 is 2.00 bits per heavy atom. The van der Waals surface area contributed by atoms with Gasteiger partial charge in [-0.2, -0.15) is 0 Å². The standard InChI is InChI=1S/C7H15N/c1-5-4-7(2,3)6(5)8/h5-6H,4,8H2,1-3H3. The van der Waals surface area contributed by atoms with Crippen molar-refractivity contribution in [3.8, 4) is 0 Å². The summed E-state index contributed by atoms with van der Waals surface area (Å²) in [6.45, 7) is 6.69. The van der Waals surface area contributed by atoms with Gasteiger partial charge in [0, 0.05) is 6.04 Å². The van der Waals surface area contributed by atoms with Gasteiger partial charge in [0.1, 0.15) is 0 Å². The summed E-state index contributed by atoms with van der Waals surface area (Å²) in [6, 6.07) is 0.447. The lowest BCUT2D eigenvalue weighted by atomic mass is 9.61. The molecule has 0 spiro atoms. The third-order valence-electron chi connectivity index (χ3n) is 2.36. The predicted octanol–water partition coefficient (Wildman–Crippen LogP) is 1.38. The summed E-state index contributed by atoms with van der Waals surface area (Å²) < 4.78 is 0. The number of hydrogen-bond donors (Lipinski definition) is 1. The van der Waals surface area contributed by atoms with Crippen LogP contribution in [-0.4, -0.2) is 6.04 Å². The molecule has 48 valence electrons. The maximum Gasteiger partial charge on any atom is 0.0116 e. The Hall–Kier alpha value is -0.0400. The molecule has 0 amide bonds. The first-order valence-corrected chi connectivity index (χ1v) is 3.29. The highest BCUT2D eigenvalue weighted by Gasteiger charge is 2.41. The van der Waals surface area contributed by atoms with Gasteiger partial charge in [-0.1, -0.05) is 20.8 Å². The summed E-state index contributed by atoms with van der Waals surface area (Å²) in [5.74, 6) is 0.755. The zero-order valence-electron chi connectivity index (χ0n) is 5.94. The van der Waals surface area contributed by atoms with Crippen LogP contribution in [0.1, 0.15) is 27.2 Å². The topological polar surface area (TPSA) is 26.0 Å². The molecule has 0 saturated heterocycles. The molecule has 0 aliphatic heterocycles. The molecule has 0 aromatic carbocycles. The minimum Gasteiger partial charge on any atom is -0.327 e. The molecule has 0 heterocycles. The van der Waals surface area contributed by atoms with E-state index in [0.717, 1.165) is 5.92 Å². The van der Waals surface area contributed by atoms with Gasteiger partial charge in [0.15, 0.2) is 0 Å². The Morgan fingerprint density at radius 1 is 1.50 bits per heavy atom. The molecule has 2 N–H and O–H groups in total. The summed E-state index contributed by atoms with van der Waals surface area (Å²) >= 11 is 0. The lowest BCUT2D eigenvalue weighted by molar-refractivity contribution is 0.0683. The van der Waals surface area contributed by atoms with Gasteiger partial charge >= 0.3 is 0 Å². The van der Waals surface area contributed by atoms with Crippen molar-refractivity contribution in [3.63, 3.8) is 0 Å². The fourth-order valence-corrected chi connectivity index (χ4v) is 1.70. The molecule has 0 radical (unpaired) electrons. The molecular weight excluding hydrogens is 98.1 g/mol. The molecule has 8 heavy (non-hydrogen) atoms. The number of rotatable bonds is 0. The van der Waals surface area contributed by atoms with Crippen LogP contribution in [0.25, 0.3) is 0 Å². The minimum absolute atomic E-state index is 0.430. The van der Waals surface area contributed by atoms with Crippen LogP contribution >= 0.6 is 0 Å². The van der Waals surface area contributed by atoms with E-state index in [4.69, 9.17) is 5.73 Å². The quantitative estimate of drug-likeness (QED) is 0.504. The van der Waals surface area contributed by atoms with Crippen LogP contribution < -0.4 is 5.73 Å². The Labute approximate surface area is 51.3 Å². The van der Waals surface area contributed by atoms with E-state index in [0.29, 0.717) is 11.5 Å². The summed E-state index contributed by atoms with van der Waals surface area (Å²) in [5, 5.41) is 0. The zero-order chi connectivity index (χ0) is 6.36. The molecule has 1 aliphatic rings. The van der Waals surface area contributed by atoms with Gasteiger partial charge in [-0.25, -0.2) is 0 Å². The Kier molecular flexibility index (Phi) is 1.12. The highest BCUT2D eigenvalue weighted by Crippen LogP contribution is 2.42. The molecule has 1 heteroatoms. The van der Waals surface area contributed by atoms with Crippen molar-refractivity contribution in [1.82, 2.24) is 0 Å². The zero-order valence-corrected chi connectivity index (χ0v) is 5.94. The van der Waals surface area contributed by atoms with E-state index in [9.17, 15) is 0 Å². The van der Waals surface area contributed by atoms with E-state index in [-0.39, 0.29) is 0 Å². The van der Waals surface area contributed by atoms with Crippen LogP contribution in [0.3, 0.4) is 0 Å². The van der Waals surface area contributed by atoms with Crippen molar-refractivity contribution >= 4 is 0 Å². The van der Waals surface area contributed by atoms with Crippen LogP contribution in [0, 0.1) is 11.3 Å². The second-order valence-electron chi connectivity index (χ2n) is 3.70. The van der Waals surface area contributed by atoms with Gasteiger partial charge in [-0.3, -0.25) is 0 Å². The van der Waals surface area contributed by atoms with Crippen molar-refractivity contribution in [2.75, 3.05) is 0 Å². The first-order valence-electron chi connectivity index (χ1n) is 3.29. The Bertz CT molecular complexity index is 96.6. The predicted molar refractivity (Wildman–Crippen MR) is 35.5 cm³/mol. The van der Waals surface area contributed by atoms with E-state index in [2.05, 4.69) is 20.8 Å². The van der Waals surface area contributed by atoms with Gasteiger partial charge in [0.25, 0.3) is 0 Å². The molecule has 1 fully saturated rings. The molecule has 2 unspecified atom stereocenters. The van der Waals surface area contributed by atoms with Crippen LogP contribution in [0.15, 0.2) is 0 Å². The summed E-state index contributed by atoms with van der Waals surface area (Å²) in [5.41, 5.74) is 6.23. The Morgan fingerprint density at radius 2 is 2.00 bits per heavy atom. The van der Waals surface area contributed by atoms with E-state index < -0.39 is 0 Å². The van der Waals surface area contributed by atoms with E-state index in [1.54, 1.807) is 0 Å². The van der Waals surface area contributed by atoms with E-state index in [1.807, 2.05) is 0 Å². The molecule has 0 aromatic rings. The molecule has 1 saturated carbocycles. The highest BCUT2D eigenvalue weighted by atomic mass is 14.8. The summed E-state index contributed by atoms with van der Waals surface area (Å²) in [4.78, 5) is 0. The maximum atomic E-state index is 5.80. The maximum absolute atomic E-state index is 5.80. The van der Waals surface area contributed by atoms with Gasteiger partial charge in [0.2, 0.25) is 0 Å². The molecular formula is C7H15N. The molecule has 1 aliphatic carbocycles. The lowest BCUT2D eigenvalue weighted by Crippen LogP contribution is -2.53. The minimum atomic E-state index is 0.430. The summed E-state index contributed by atoms with van der Waals surface area (Å²) in [6.07, 6.45) is 1.30. The third kappa shape index (κ3) is 0.655. The van der Waals surface area contributed by atoms with Crippen molar-refractivity contribution in [2.45, 2.75) is 33.2 Å². The molecule has 0 aromatic heterocycles. The number of nitrogens with two attached hydrogens (primary N) is 1. The average molecular weight is 113 g/mol. The van der Waals surface area contributed by atoms with E-state index >= 15 is 0 Å². The largest absolute Gasteiger partial charge is 0.327 e. The van der Waals surface area contributed by atoms with Gasteiger partial charge in [0.05, 0.1) is 0 Å². The average Bonchev–Trinajstić information content (AvgIpc) is 1.65. The second-order valence-corrected chi connectivity index (χ2v) is 3.70. The monoisotopic (exact) mass is 113 g/mol. The third-order valence-corrected chi connectivity index (χ3v) is 2.36. The van der Waals surface area contributed by atoms with Gasteiger partial charge in [-0.05, 0) is 17.8 Å².